The smallest absolute Gasteiger partial charge is 0.104 e. The second-order valence-electron chi connectivity index (χ2n) is 5.68. The van der Waals surface area contributed by atoms with Crippen LogP contribution in [0.2, 0.25) is 5.02 Å². The Morgan fingerprint density at radius 1 is 0.955 bits per heavy atom. The summed E-state index contributed by atoms with van der Waals surface area (Å²) in [5.74, 6) is 0. The first-order chi connectivity index (χ1) is 10.6. The number of piperazine rings is 1. The Morgan fingerprint density at radius 3 is 2.23 bits per heavy atom. The molecule has 1 saturated heterocycles. The Morgan fingerprint density at radius 2 is 1.59 bits per heavy atom. The molecule has 1 heterocycles. The second-order valence-corrected chi connectivity index (χ2v) is 6.12. The van der Waals surface area contributed by atoms with Crippen molar-refractivity contribution in [3.8, 4) is 11.1 Å². The Bertz CT molecular complexity index is 619. The lowest BCUT2D eigenvalue weighted by Gasteiger charge is -2.38. The van der Waals surface area contributed by atoms with E-state index in [1.165, 1.54) is 16.8 Å². The lowest BCUT2D eigenvalue weighted by atomic mass is 10.0. The van der Waals surface area contributed by atoms with Gasteiger partial charge in [0.15, 0.2) is 0 Å². The summed E-state index contributed by atoms with van der Waals surface area (Å²) in [5, 5.41) is 10.4. The summed E-state index contributed by atoms with van der Waals surface area (Å²) in [6.07, 6.45) is -0.367. The molecule has 0 radical (unpaired) electrons. The second kappa shape index (κ2) is 6.69. The summed E-state index contributed by atoms with van der Waals surface area (Å²) >= 11 is 5.99. The Hall–Kier alpha value is -1.55. The highest BCUT2D eigenvalue weighted by molar-refractivity contribution is 6.30. The van der Waals surface area contributed by atoms with E-state index in [1.807, 2.05) is 19.1 Å². The monoisotopic (exact) mass is 316 g/mol. The predicted octanol–water partition coefficient (Wildman–Crippen LogP) is 3.47. The number of benzene rings is 2. The van der Waals surface area contributed by atoms with Crippen LogP contribution < -0.4 is 4.90 Å². The number of aliphatic hydroxyl groups is 1. The number of halogens is 1. The molecule has 1 aliphatic rings. The van der Waals surface area contributed by atoms with E-state index in [-0.39, 0.29) is 6.23 Å². The van der Waals surface area contributed by atoms with E-state index in [0.717, 1.165) is 31.2 Å². The van der Waals surface area contributed by atoms with E-state index in [1.54, 1.807) is 0 Å². The van der Waals surface area contributed by atoms with Crippen LogP contribution in [-0.2, 0) is 0 Å². The minimum Gasteiger partial charge on any atom is -0.379 e. The van der Waals surface area contributed by atoms with Gasteiger partial charge in [-0.25, -0.2) is 0 Å². The minimum atomic E-state index is -0.367. The van der Waals surface area contributed by atoms with Crippen molar-refractivity contribution >= 4 is 17.3 Å². The third-order valence-electron chi connectivity index (χ3n) is 4.24. The molecule has 3 nitrogen and oxygen atoms in total. The Balaban J connectivity index is 1.85. The van der Waals surface area contributed by atoms with Gasteiger partial charge in [-0.2, -0.15) is 0 Å². The molecule has 0 aromatic heterocycles. The number of rotatable bonds is 3. The summed E-state index contributed by atoms with van der Waals surface area (Å²) in [6, 6.07) is 16.5. The first-order valence-corrected chi connectivity index (χ1v) is 8.05. The third-order valence-corrected chi connectivity index (χ3v) is 4.49. The quantitative estimate of drug-likeness (QED) is 0.939. The zero-order valence-electron chi connectivity index (χ0n) is 12.7. The molecule has 0 spiro atoms. The standard InChI is InChI=1S/C18H21ClN2O/c1-14(22)20-10-12-21(13-11-20)18-5-3-2-4-17(18)15-6-8-16(19)9-7-15/h2-9,14,22H,10-13H2,1H3. The topological polar surface area (TPSA) is 26.7 Å². The molecule has 2 aromatic carbocycles. The molecule has 1 aliphatic heterocycles. The first kappa shape index (κ1) is 15.3. The van der Waals surface area contributed by atoms with E-state index < -0.39 is 0 Å². The van der Waals surface area contributed by atoms with E-state index >= 15 is 0 Å². The van der Waals surface area contributed by atoms with Crippen LogP contribution in [0.25, 0.3) is 11.1 Å². The van der Waals surface area contributed by atoms with Crippen LogP contribution in [0.3, 0.4) is 0 Å². The van der Waals surface area contributed by atoms with E-state index in [0.29, 0.717) is 0 Å². The van der Waals surface area contributed by atoms with Gasteiger partial charge in [0.05, 0.1) is 0 Å². The number of nitrogens with zero attached hydrogens (tertiary/aromatic N) is 2. The summed E-state index contributed by atoms with van der Waals surface area (Å²) < 4.78 is 0. The van der Waals surface area contributed by atoms with Crippen LogP contribution in [0.1, 0.15) is 6.92 Å². The van der Waals surface area contributed by atoms with Gasteiger partial charge in [-0.3, -0.25) is 4.90 Å². The average Bonchev–Trinajstić information content (AvgIpc) is 2.56. The van der Waals surface area contributed by atoms with Crippen LogP contribution in [0.15, 0.2) is 48.5 Å². The normalized spacial score (nSPS) is 17.5. The van der Waals surface area contributed by atoms with Gasteiger partial charge in [-0.15, -0.1) is 0 Å². The number of hydrogen-bond acceptors (Lipinski definition) is 3. The van der Waals surface area contributed by atoms with Crippen LogP contribution in [0.4, 0.5) is 5.69 Å². The van der Waals surface area contributed by atoms with Crippen LogP contribution in [0.5, 0.6) is 0 Å². The maximum absolute atomic E-state index is 9.69. The highest BCUT2D eigenvalue weighted by Crippen LogP contribution is 2.32. The van der Waals surface area contributed by atoms with E-state index in [4.69, 9.17) is 11.6 Å². The number of anilines is 1. The zero-order valence-corrected chi connectivity index (χ0v) is 13.5. The van der Waals surface area contributed by atoms with Crippen molar-refractivity contribution in [1.82, 2.24) is 4.90 Å². The van der Waals surface area contributed by atoms with Crippen LogP contribution in [-0.4, -0.2) is 42.4 Å². The highest BCUT2D eigenvalue weighted by Gasteiger charge is 2.21. The molecule has 4 heteroatoms. The number of aliphatic hydroxyl groups excluding tert-OH is 1. The van der Waals surface area contributed by atoms with Gasteiger partial charge in [0, 0.05) is 42.5 Å². The number of para-hydroxylation sites is 1. The van der Waals surface area contributed by atoms with Gasteiger partial charge in [-0.1, -0.05) is 41.9 Å². The van der Waals surface area contributed by atoms with Gasteiger partial charge >= 0.3 is 0 Å². The molecule has 1 atom stereocenters. The predicted molar refractivity (Wildman–Crippen MR) is 92.4 cm³/mol. The van der Waals surface area contributed by atoms with Crippen molar-refractivity contribution in [2.75, 3.05) is 31.1 Å². The van der Waals surface area contributed by atoms with Crippen LogP contribution >= 0.6 is 11.6 Å². The summed E-state index contributed by atoms with van der Waals surface area (Å²) in [7, 11) is 0. The lowest BCUT2D eigenvalue weighted by Crippen LogP contribution is -2.49. The Kier molecular flexibility index (Phi) is 4.67. The van der Waals surface area contributed by atoms with Gasteiger partial charge in [-0.05, 0) is 30.7 Å². The fourth-order valence-corrected chi connectivity index (χ4v) is 3.09. The van der Waals surface area contributed by atoms with E-state index in [9.17, 15) is 5.11 Å². The van der Waals surface area contributed by atoms with Crippen molar-refractivity contribution in [2.45, 2.75) is 13.2 Å². The summed E-state index contributed by atoms with van der Waals surface area (Å²) in [5.41, 5.74) is 3.65. The van der Waals surface area contributed by atoms with Crippen molar-refractivity contribution in [3.63, 3.8) is 0 Å². The Labute approximate surface area is 136 Å². The molecule has 1 N–H and O–H groups in total. The summed E-state index contributed by atoms with van der Waals surface area (Å²) in [6.45, 7) is 5.45. The highest BCUT2D eigenvalue weighted by atomic mass is 35.5. The van der Waals surface area contributed by atoms with Gasteiger partial charge in [0.25, 0.3) is 0 Å². The molecule has 116 valence electrons. The molecule has 0 bridgehead atoms. The molecule has 0 amide bonds. The molecule has 3 rings (SSSR count). The molecule has 1 fully saturated rings. The van der Waals surface area contributed by atoms with Crippen molar-refractivity contribution in [3.05, 3.63) is 53.6 Å². The maximum atomic E-state index is 9.69. The van der Waals surface area contributed by atoms with Crippen molar-refractivity contribution in [2.24, 2.45) is 0 Å². The SMILES string of the molecule is CC(O)N1CCN(c2ccccc2-c2ccc(Cl)cc2)CC1. The largest absolute Gasteiger partial charge is 0.379 e. The van der Waals surface area contributed by atoms with E-state index in [2.05, 4.69) is 46.2 Å². The van der Waals surface area contributed by atoms with Crippen molar-refractivity contribution in [1.29, 1.82) is 0 Å². The fraction of sp³-hybridized carbons (Fsp3) is 0.333. The first-order valence-electron chi connectivity index (χ1n) is 7.67. The van der Waals surface area contributed by atoms with Gasteiger partial charge < -0.3 is 10.0 Å². The third kappa shape index (κ3) is 3.27. The minimum absolute atomic E-state index is 0.367. The van der Waals surface area contributed by atoms with Gasteiger partial charge in [0.1, 0.15) is 6.23 Å². The molecular formula is C18H21ClN2O. The fourth-order valence-electron chi connectivity index (χ4n) is 2.96. The zero-order chi connectivity index (χ0) is 15.5. The molecule has 22 heavy (non-hydrogen) atoms. The van der Waals surface area contributed by atoms with Crippen LogP contribution in [0, 0.1) is 0 Å². The van der Waals surface area contributed by atoms with Gasteiger partial charge in [0.2, 0.25) is 0 Å². The summed E-state index contributed by atoms with van der Waals surface area (Å²) in [4.78, 5) is 4.49. The molecule has 1 unspecified atom stereocenters. The number of hydrogen-bond donors (Lipinski definition) is 1. The molecule has 2 aromatic rings. The lowest BCUT2D eigenvalue weighted by molar-refractivity contribution is 0.0153. The molecular weight excluding hydrogens is 296 g/mol. The molecule has 0 aliphatic carbocycles. The molecule has 0 saturated carbocycles. The maximum Gasteiger partial charge on any atom is 0.104 e. The average molecular weight is 317 g/mol. The van der Waals surface area contributed by atoms with Crippen molar-refractivity contribution < 1.29 is 5.11 Å².